The lowest BCUT2D eigenvalue weighted by molar-refractivity contribution is -0.120. The molecule has 2 amide bonds. The van der Waals surface area contributed by atoms with E-state index >= 15 is 0 Å². The number of carboxylic acid groups (broad SMARTS) is 1. The number of nitrogens with two attached hydrogens (primary N) is 1. The molecule has 0 saturated heterocycles. The quantitative estimate of drug-likeness (QED) is 0.624. The van der Waals surface area contributed by atoms with Crippen molar-refractivity contribution in [2.45, 2.75) is 31.7 Å². The van der Waals surface area contributed by atoms with Crippen LogP contribution in [0.3, 0.4) is 0 Å². The SMILES string of the molecule is Nc1ccc(-c2cccs2)cc1NC(=O)C1CCC(NC(=O)O)CC1. The lowest BCUT2D eigenvalue weighted by atomic mass is 9.85. The van der Waals surface area contributed by atoms with Crippen LogP contribution in [0, 0.1) is 5.92 Å². The van der Waals surface area contributed by atoms with Crippen molar-refractivity contribution >= 4 is 34.7 Å². The summed E-state index contributed by atoms with van der Waals surface area (Å²) >= 11 is 1.63. The zero-order chi connectivity index (χ0) is 17.8. The van der Waals surface area contributed by atoms with Gasteiger partial charge in [0, 0.05) is 16.8 Å². The van der Waals surface area contributed by atoms with Gasteiger partial charge in [0.1, 0.15) is 0 Å². The summed E-state index contributed by atoms with van der Waals surface area (Å²) in [5.74, 6) is -0.166. The van der Waals surface area contributed by atoms with Crippen molar-refractivity contribution in [1.82, 2.24) is 5.32 Å². The molecule has 1 aliphatic carbocycles. The minimum absolute atomic E-state index is 0.0520. The van der Waals surface area contributed by atoms with Gasteiger partial charge in [0.15, 0.2) is 0 Å². The van der Waals surface area contributed by atoms with E-state index in [0.29, 0.717) is 37.1 Å². The Morgan fingerprint density at radius 2 is 1.92 bits per heavy atom. The molecule has 2 aromatic rings. The highest BCUT2D eigenvalue weighted by molar-refractivity contribution is 7.13. The lowest BCUT2D eigenvalue weighted by Crippen LogP contribution is -2.38. The van der Waals surface area contributed by atoms with Gasteiger partial charge in [0.2, 0.25) is 5.91 Å². The van der Waals surface area contributed by atoms with Crippen LogP contribution in [-0.2, 0) is 4.79 Å². The summed E-state index contributed by atoms with van der Waals surface area (Å²) in [5, 5.41) is 16.2. The average molecular weight is 359 g/mol. The van der Waals surface area contributed by atoms with Gasteiger partial charge in [-0.15, -0.1) is 11.3 Å². The molecule has 0 atom stereocenters. The molecule has 0 bridgehead atoms. The highest BCUT2D eigenvalue weighted by atomic mass is 32.1. The fourth-order valence-corrected chi connectivity index (χ4v) is 3.89. The second kappa shape index (κ2) is 7.57. The first-order chi connectivity index (χ1) is 12.0. The molecule has 132 valence electrons. The predicted molar refractivity (Wildman–Crippen MR) is 99.7 cm³/mol. The molecular formula is C18H21N3O3S. The third-order valence-corrected chi connectivity index (χ3v) is 5.46. The second-order valence-electron chi connectivity index (χ2n) is 6.27. The topological polar surface area (TPSA) is 104 Å². The van der Waals surface area contributed by atoms with Gasteiger partial charge in [-0.25, -0.2) is 4.79 Å². The van der Waals surface area contributed by atoms with Crippen LogP contribution >= 0.6 is 11.3 Å². The number of carbonyl (C=O) groups is 2. The third kappa shape index (κ3) is 4.30. The molecule has 1 fully saturated rings. The molecular weight excluding hydrogens is 338 g/mol. The summed E-state index contributed by atoms with van der Waals surface area (Å²) in [5.41, 5.74) is 8.20. The summed E-state index contributed by atoms with van der Waals surface area (Å²) in [6.45, 7) is 0. The molecule has 6 nitrogen and oxygen atoms in total. The van der Waals surface area contributed by atoms with Crippen molar-refractivity contribution in [2.75, 3.05) is 11.1 Å². The minimum Gasteiger partial charge on any atom is -0.465 e. The van der Waals surface area contributed by atoms with E-state index in [0.717, 1.165) is 10.4 Å². The summed E-state index contributed by atoms with van der Waals surface area (Å²) in [6.07, 6.45) is 1.68. The molecule has 1 saturated carbocycles. The van der Waals surface area contributed by atoms with Gasteiger partial charge >= 0.3 is 6.09 Å². The fourth-order valence-electron chi connectivity index (χ4n) is 3.17. The van der Waals surface area contributed by atoms with E-state index in [1.807, 2.05) is 29.6 Å². The maximum atomic E-state index is 12.5. The maximum Gasteiger partial charge on any atom is 0.404 e. The molecule has 3 rings (SSSR count). The normalized spacial score (nSPS) is 20.0. The minimum atomic E-state index is -1.01. The molecule has 25 heavy (non-hydrogen) atoms. The Morgan fingerprint density at radius 1 is 1.16 bits per heavy atom. The molecule has 1 aromatic heterocycles. The molecule has 1 aromatic carbocycles. The number of amides is 2. The van der Waals surface area contributed by atoms with Crippen LogP contribution in [0.1, 0.15) is 25.7 Å². The molecule has 5 N–H and O–H groups in total. The van der Waals surface area contributed by atoms with Gasteiger partial charge in [-0.2, -0.15) is 0 Å². The van der Waals surface area contributed by atoms with E-state index < -0.39 is 6.09 Å². The Kier molecular flexibility index (Phi) is 5.23. The largest absolute Gasteiger partial charge is 0.465 e. The van der Waals surface area contributed by atoms with Crippen LogP contribution in [-0.4, -0.2) is 23.1 Å². The van der Waals surface area contributed by atoms with E-state index in [4.69, 9.17) is 10.8 Å². The highest BCUT2D eigenvalue weighted by Crippen LogP contribution is 2.31. The fraction of sp³-hybridized carbons (Fsp3) is 0.333. The summed E-state index contributed by atoms with van der Waals surface area (Å²) in [4.78, 5) is 24.4. The van der Waals surface area contributed by atoms with Gasteiger partial charge in [-0.05, 0) is 54.8 Å². The third-order valence-electron chi connectivity index (χ3n) is 4.54. The van der Waals surface area contributed by atoms with Crippen LogP contribution in [0.15, 0.2) is 35.7 Å². The van der Waals surface area contributed by atoms with Crippen LogP contribution in [0.5, 0.6) is 0 Å². The van der Waals surface area contributed by atoms with Crippen molar-refractivity contribution in [1.29, 1.82) is 0 Å². The molecule has 1 aliphatic rings. The number of carbonyl (C=O) groups excluding carboxylic acids is 1. The first kappa shape index (κ1) is 17.3. The number of hydrogen-bond donors (Lipinski definition) is 4. The predicted octanol–water partition coefficient (Wildman–Crippen LogP) is 3.76. The Labute approximate surface area is 150 Å². The maximum absolute atomic E-state index is 12.5. The zero-order valence-corrected chi connectivity index (χ0v) is 14.5. The summed E-state index contributed by atoms with van der Waals surface area (Å²) < 4.78 is 0. The average Bonchev–Trinajstić information content (AvgIpc) is 3.11. The van der Waals surface area contributed by atoms with Crippen LogP contribution in [0.4, 0.5) is 16.2 Å². The smallest absolute Gasteiger partial charge is 0.404 e. The van der Waals surface area contributed by atoms with Gasteiger partial charge in [-0.1, -0.05) is 12.1 Å². The molecule has 0 unspecified atom stereocenters. The first-order valence-corrected chi connectivity index (χ1v) is 9.14. The van der Waals surface area contributed by atoms with Gasteiger partial charge in [0.25, 0.3) is 0 Å². The van der Waals surface area contributed by atoms with Crippen LogP contribution < -0.4 is 16.4 Å². The Bertz CT molecular complexity index is 753. The van der Waals surface area contributed by atoms with E-state index in [9.17, 15) is 9.59 Å². The number of anilines is 2. The zero-order valence-electron chi connectivity index (χ0n) is 13.7. The molecule has 1 heterocycles. The Morgan fingerprint density at radius 3 is 2.56 bits per heavy atom. The number of nitrogen functional groups attached to an aromatic ring is 1. The van der Waals surface area contributed by atoms with Gasteiger partial charge in [0.05, 0.1) is 11.4 Å². The van der Waals surface area contributed by atoms with Gasteiger partial charge in [-0.3, -0.25) is 4.79 Å². The second-order valence-corrected chi connectivity index (χ2v) is 7.21. The van der Waals surface area contributed by atoms with E-state index in [2.05, 4.69) is 10.6 Å². The standard InChI is InChI=1S/C18H21N3O3S/c19-14-8-5-12(16-2-1-9-25-16)10-15(14)21-17(22)11-3-6-13(7-4-11)20-18(23)24/h1-2,5,8-11,13,20H,3-4,6-7,19H2,(H,21,22)(H,23,24). The Balaban J connectivity index is 1.63. The summed E-state index contributed by atoms with van der Waals surface area (Å²) in [7, 11) is 0. The number of benzene rings is 1. The lowest BCUT2D eigenvalue weighted by Gasteiger charge is -2.27. The van der Waals surface area contributed by atoms with Crippen molar-refractivity contribution in [3.63, 3.8) is 0 Å². The molecule has 0 spiro atoms. The highest BCUT2D eigenvalue weighted by Gasteiger charge is 2.27. The van der Waals surface area contributed by atoms with E-state index in [-0.39, 0.29) is 17.9 Å². The van der Waals surface area contributed by atoms with Crippen molar-refractivity contribution in [2.24, 2.45) is 5.92 Å². The van der Waals surface area contributed by atoms with E-state index in [1.165, 1.54) is 0 Å². The summed E-state index contributed by atoms with van der Waals surface area (Å²) in [6, 6.07) is 9.60. The first-order valence-electron chi connectivity index (χ1n) is 8.26. The monoisotopic (exact) mass is 359 g/mol. The van der Waals surface area contributed by atoms with Crippen molar-refractivity contribution in [3.8, 4) is 10.4 Å². The van der Waals surface area contributed by atoms with Crippen LogP contribution in [0.25, 0.3) is 10.4 Å². The van der Waals surface area contributed by atoms with Gasteiger partial charge < -0.3 is 21.5 Å². The van der Waals surface area contributed by atoms with Crippen molar-refractivity contribution in [3.05, 3.63) is 35.7 Å². The van der Waals surface area contributed by atoms with Crippen molar-refractivity contribution < 1.29 is 14.7 Å². The van der Waals surface area contributed by atoms with Crippen LogP contribution in [0.2, 0.25) is 0 Å². The number of rotatable bonds is 4. The Hall–Kier alpha value is -2.54. The molecule has 7 heteroatoms. The molecule has 0 aliphatic heterocycles. The number of nitrogens with one attached hydrogen (secondary N) is 2. The van der Waals surface area contributed by atoms with E-state index in [1.54, 1.807) is 17.4 Å². The number of thiophene rings is 1. The molecule has 0 radical (unpaired) electrons. The number of hydrogen-bond acceptors (Lipinski definition) is 4.